The monoisotopic (exact) mass is 334 g/mol. The molecular formula is C19H14N2O4. The van der Waals surface area contributed by atoms with E-state index in [1.54, 1.807) is 18.2 Å². The van der Waals surface area contributed by atoms with E-state index in [4.69, 9.17) is 0 Å². The normalized spacial score (nSPS) is 19.8. The van der Waals surface area contributed by atoms with Gasteiger partial charge in [-0.25, -0.2) is 0 Å². The van der Waals surface area contributed by atoms with Crippen LogP contribution in [-0.2, 0) is 9.59 Å². The molecule has 2 heterocycles. The van der Waals surface area contributed by atoms with Gasteiger partial charge in [-0.05, 0) is 23.6 Å². The second-order valence-corrected chi connectivity index (χ2v) is 6.04. The lowest BCUT2D eigenvalue weighted by atomic mass is 9.97. The minimum absolute atomic E-state index is 0.107. The summed E-state index contributed by atoms with van der Waals surface area (Å²) >= 11 is 0. The molecule has 1 unspecified atom stereocenters. The number of fused-ring (bicyclic) bond motifs is 1. The molecule has 2 aliphatic rings. The third-order valence-electron chi connectivity index (χ3n) is 4.55. The van der Waals surface area contributed by atoms with Crippen molar-refractivity contribution in [2.45, 2.75) is 18.9 Å². The molecule has 1 N–H and O–H groups in total. The van der Waals surface area contributed by atoms with Gasteiger partial charge < -0.3 is 0 Å². The first-order chi connectivity index (χ1) is 12.1. The molecule has 2 aromatic carbocycles. The molecule has 0 saturated carbocycles. The van der Waals surface area contributed by atoms with Gasteiger partial charge >= 0.3 is 0 Å². The largest absolute Gasteiger partial charge is 0.295 e. The van der Waals surface area contributed by atoms with Crippen LogP contribution in [0.2, 0.25) is 0 Å². The number of nitrogens with zero attached hydrogens (tertiary/aromatic N) is 1. The molecule has 1 fully saturated rings. The van der Waals surface area contributed by atoms with E-state index in [9.17, 15) is 19.2 Å². The van der Waals surface area contributed by atoms with Gasteiger partial charge in [0.15, 0.2) is 0 Å². The number of benzene rings is 2. The number of hydrogen-bond acceptors (Lipinski definition) is 4. The van der Waals surface area contributed by atoms with Crippen LogP contribution in [-0.4, -0.2) is 34.6 Å². The third kappa shape index (κ3) is 2.34. The summed E-state index contributed by atoms with van der Waals surface area (Å²) in [6.45, 7) is 0. The highest BCUT2D eigenvalue weighted by Gasteiger charge is 2.45. The van der Waals surface area contributed by atoms with Crippen molar-refractivity contribution in [3.63, 3.8) is 0 Å². The van der Waals surface area contributed by atoms with Gasteiger partial charge in [0, 0.05) is 6.42 Å². The number of carbonyl (C=O) groups is 4. The molecule has 6 nitrogen and oxygen atoms in total. The molecule has 4 amide bonds. The van der Waals surface area contributed by atoms with E-state index in [0.29, 0.717) is 11.1 Å². The highest BCUT2D eigenvalue weighted by molar-refractivity contribution is 6.25. The molecule has 25 heavy (non-hydrogen) atoms. The highest BCUT2D eigenvalue weighted by atomic mass is 16.2. The van der Waals surface area contributed by atoms with Crippen LogP contribution in [0.1, 0.15) is 33.6 Å². The van der Waals surface area contributed by atoms with Crippen LogP contribution in [0.5, 0.6) is 0 Å². The minimum Gasteiger partial charge on any atom is -0.295 e. The molecule has 2 aliphatic heterocycles. The number of piperidine rings is 1. The minimum atomic E-state index is -0.950. The molecule has 0 aliphatic carbocycles. The summed E-state index contributed by atoms with van der Waals surface area (Å²) in [5, 5.41) is 2.20. The third-order valence-corrected chi connectivity index (χ3v) is 4.55. The lowest BCUT2D eigenvalue weighted by Gasteiger charge is -2.27. The molecule has 0 aromatic heterocycles. The quantitative estimate of drug-likeness (QED) is 0.848. The summed E-state index contributed by atoms with van der Waals surface area (Å²) in [5.74, 6) is -1.98. The average molecular weight is 334 g/mol. The van der Waals surface area contributed by atoms with E-state index in [1.807, 2.05) is 30.3 Å². The summed E-state index contributed by atoms with van der Waals surface area (Å²) < 4.78 is 0. The van der Waals surface area contributed by atoms with Crippen molar-refractivity contribution in [1.82, 2.24) is 10.2 Å². The fourth-order valence-corrected chi connectivity index (χ4v) is 3.37. The van der Waals surface area contributed by atoms with Gasteiger partial charge in [-0.3, -0.25) is 29.4 Å². The second kappa shape index (κ2) is 5.66. The number of hydrogen-bond donors (Lipinski definition) is 1. The van der Waals surface area contributed by atoms with Crippen LogP contribution >= 0.6 is 0 Å². The Labute approximate surface area is 143 Å². The predicted octanol–water partition coefficient (Wildman–Crippen LogP) is 1.75. The summed E-state index contributed by atoms with van der Waals surface area (Å²) in [6.07, 6.45) is 0.256. The lowest BCUT2D eigenvalue weighted by Crippen LogP contribution is -2.54. The van der Waals surface area contributed by atoms with Gasteiger partial charge in [-0.2, -0.15) is 0 Å². The van der Waals surface area contributed by atoms with Crippen LogP contribution in [0.4, 0.5) is 0 Å². The molecule has 0 bridgehead atoms. The van der Waals surface area contributed by atoms with Crippen molar-refractivity contribution >= 4 is 23.6 Å². The molecule has 6 heteroatoms. The Bertz CT molecular complexity index is 920. The molecule has 1 saturated heterocycles. The van der Waals surface area contributed by atoms with E-state index in [2.05, 4.69) is 5.32 Å². The Morgan fingerprint density at radius 2 is 1.56 bits per heavy atom. The molecule has 4 rings (SSSR count). The zero-order valence-electron chi connectivity index (χ0n) is 13.2. The van der Waals surface area contributed by atoms with Crippen LogP contribution < -0.4 is 5.32 Å². The number of nitrogens with one attached hydrogen (secondary N) is 1. The highest BCUT2D eigenvalue weighted by Crippen LogP contribution is 2.34. The number of imide groups is 2. The van der Waals surface area contributed by atoms with Gasteiger partial charge in [0.2, 0.25) is 11.8 Å². The number of rotatable bonds is 2. The Hall–Kier alpha value is -3.28. The summed E-state index contributed by atoms with van der Waals surface area (Å²) in [6, 6.07) is 13.5. The average Bonchev–Trinajstić information content (AvgIpc) is 2.87. The van der Waals surface area contributed by atoms with Gasteiger partial charge in [-0.15, -0.1) is 0 Å². The Morgan fingerprint density at radius 3 is 2.28 bits per heavy atom. The smallest absolute Gasteiger partial charge is 0.262 e. The van der Waals surface area contributed by atoms with E-state index >= 15 is 0 Å². The fraction of sp³-hybridized carbons (Fsp3) is 0.158. The number of carbonyl (C=O) groups excluding carboxylic acids is 4. The van der Waals surface area contributed by atoms with Crippen LogP contribution in [0.15, 0.2) is 48.5 Å². The Kier molecular flexibility index (Phi) is 3.46. The summed E-state index contributed by atoms with van der Waals surface area (Å²) in [4.78, 5) is 50.2. The Balaban J connectivity index is 1.78. The first-order valence-corrected chi connectivity index (χ1v) is 7.98. The van der Waals surface area contributed by atoms with Crippen molar-refractivity contribution in [2.24, 2.45) is 0 Å². The molecular weight excluding hydrogens is 320 g/mol. The summed E-state index contributed by atoms with van der Waals surface area (Å²) in [5.41, 5.74) is 2.08. The second-order valence-electron chi connectivity index (χ2n) is 6.04. The SMILES string of the molecule is O=C1CCC(N2C(=O)c3cccc(-c4ccccc4)c3C2=O)C(=O)N1. The van der Waals surface area contributed by atoms with E-state index in [-0.39, 0.29) is 24.3 Å². The molecule has 1 atom stereocenters. The van der Waals surface area contributed by atoms with Crippen molar-refractivity contribution < 1.29 is 19.2 Å². The molecule has 0 radical (unpaired) electrons. The fourth-order valence-electron chi connectivity index (χ4n) is 3.37. The molecule has 2 aromatic rings. The van der Waals surface area contributed by atoms with Gasteiger partial charge in [-0.1, -0.05) is 42.5 Å². The molecule has 124 valence electrons. The van der Waals surface area contributed by atoms with E-state index in [1.165, 1.54) is 0 Å². The van der Waals surface area contributed by atoms with Gasteiger partial charge in [0.05, 0.1) is 11.1 Å². The zero-order chi connectivity index (χ0) is 17.6. The van der Waals surface area contributed by atoms with Crippen LogP contribution in [0, 0.1) is 0 Å². The van der Waals surface area contributed by atoms with Crippen molar-refractivity contribution in [3.05, 3.63) is 59.7 Å². The van der Waals surface area contributed by atoms with Gasteiger partial charge in [0.25, 0.3) is 11.8 Å². The van der Waals surface area contributed by atoms with E-state index in [0.717, 1.165) is 10.5 Å². The van der Waals surface area contributed by atoms with Gasteiger partial charge in [0.1, 0.15) is 6.04 Å². The summed E-state index contributed by atoms with van der Waals surface area (Å²) in [7, 11) is 0. The first-order valence-electron chi connectivity index (χ1n) is 7.98. The van der Waals surface area contributed by atoms with Crippen molar-refractivity contribution in [2.75, 3.05) is 0 Å². The maximum absolute atomic E-state index is 13.0. The van der Waals surface area contributed by atoms with Crippen molar-refractivity contribution in [3.8, 4) is 11.1 Å². The standard InChI is InChI=1S/C19H14N2O4/c22-15-10-9-14(17(23)20-15)21-18(24)13-8-4-7-12(16(13)19(21)25)11-5-2-1-3-6-11/h1-8,14H,9-10H2,(H,20,22,23). The Morgan fingerprint density at radius 1 is 0.840 bits per heavy atom. The topological polar surface area (TPSA) is 83.6 Å². The van der Waals surface area contributed by atoms with Crippen LogP contribution in [0.3, 0.4) is 0 Å². The van der Waals surface area contributed by atoms with E-state index < -0.39 is 23.8 Å². The zero-order valence-corrected chi connectivity index (χ0v) is 13.2. The lowest BCUT2D eigenvalue weighted by molar-refractivity contribution is -0.136. The maximum atomic E-state index is 13.0. The van der Waals surface area contributed by atoms with Crippen molar-refractivity contribution in [1.29, 1.82) is 0 Å². The maximum Gasteiger partial charge on any atom is 0.262 e. The predicted molar refractivity (Wildman–Crippen MR) is 88.5 cm³/mol. The first kappa shape index (κ1) is 15.3. The number of amides is 4. The molecule has 0 spiro atoms. The van der Waals surface area contributed by atoms with Crippen LogP contribution in [0.25, 0.3) is 11.1 Å².